The molecule has 4 aromatic rings. The number of hydrogen-bond donors (Lipinski definition) is 0. The Morgan fingerprint density at radius 1 is 0.962 bits per heavy atom. The third-order valence-corrected chi connectivity index (χ3v) is 4.82. The first kappa shape index (κ1) is 15.3. The fourth-order valence-corrected chi connectivity index (χ4v) is 3.87. The summed E-state index contributed by atoms with van der Waals surface area (Å²) in [5, 5.41) is 3.31. The van der Waals surface area contributed by atoms with Crippen LogP contribution in [0, 0.1) is 5.41 Å². The van der Waals surface area contributed by atoms with E-state index in [1.807, 2.05) is 24.5 Å². The Bertz CT molecular complexity index is 1170. The van der Waals surface area contributed by atoms with E-state index in [2.05, 4.69) is 61.1 Å². The molecule has 2 aromatic heterocycles. The van der Waals surface area contributed by atoms with Gasteiger partial charge in [0.15, 0.2) is 0 Å². The lowest BCUT2D eigenvalue weighted by Gasteiger charge is -2.24. The van der Waals surface area contributed by atoms with E-state index < -0.39 is 0 Å². The van der Waals surface area contributed by atoms with Gasteiger partial charge in [0.2, 0.25) is 0 Å². The molecule has 128 valence electrons. The molecule has 5 rings (SSSR count). The van der Waals surface area contributed by atoms with E-state index in [4.69, 9.17) is 4.74 Å². The molecule has 0 aliphatic carbocycles. The first-order chi connectivity index (χ1) is 12.5. The van der Waals surface area contributed by atoms with E-state index >= 15 is 0 Å². The van der Waals surface area contributed by atoms with E-state index in [1.54, 1.807) is 0 Å². The third kappa shape index (κ3) is 2.35. The van der Waals surface area contributed by atoms with E-state index in [9.17, 15) is 0 Å². The summed E-state index contributed by atoms with van der Waals surface area (Å²) in [6.07, 6.45) is 4.71. The zero-order valence-electron chi connectivity index (χ0n) is 15.2. The summed E-state index contributed by atoms with van der Waals surface area (Å²) in [6, 6.07) is 14.6. The van der Waals surface area contributed by atoms with Crippen LogP contribution in [0.1, 0.15) is 26.3 Å². The van der Waals surface area contributed by atoms with Crippen molar-refractivity contribution in [2.24, 2.45) is 5.41 Å². The number of benzene rings is 2. The molecule has 0 spiro atoms. The molecule has 0 bridgehead atoms. The van der Waals surface area contributed by atoms with Crippen molar-refractivity contribution in [1.29, 1.82) is 0 Å². The highest BCUT2D eigenvalue weighted by Gasteiger charge is 2.24. The van der Waals surface area contributed by atoms with Gasteiger partial charge in [0.25, 0.3) is 0 Å². The molecule has 1 aliphatic rings. The van der Waals surface area contributed by atoms with Gasteiger partial charge in [-0.3, -0.25) is 9.97 Å². The lowest BCUT2D eigenvalue weighted by Crippen LogP contribution is -2.09. The second kappa shape index (κ2) is 5.28. The summed E-state index contributed by atoms with van der Waals surface area (Å²) in [6.45, 7) is 6.78. The fourth-order valence-electron chi connectivity index (χ4n) is 3.87. The van der Waals surface area contributed by atoms with Crippen LogP contribution in [0.3, 0.4) is 0 Å². The van der Waals surface area contributed by atoms with Crippen molar-refractivity contribution < 1.29 is 4.74 Å². The van der Waals surface area contributed by atoms with Gasteiger partial charge in [0.1, 0.15) is 11.5 Å². The standard InChI is InChI=1S/C23H20N2O/c1-23(2,3)13-14-11-15-8-10-25-21-17-6-7-18-16(5-4-9-24-18)22(17)26-19(12-14)20(15)21/h4-12H,13H2,1-3H3. The minimum Gasteiger partial charge on any atom is -0.455 e. The van der Waals surface area contributed by atoms with Crippen molar-refractivity contribution in [1.82, 2.24) is 9.97 Å². The van der Waals surface area contributed by atoms with Crippen LogP contribution >= 0.6 is 0 Å². The zero-order chi connectivity index (χ0) is 17.9. The third-order valence-electron chi connectivity index (χ3n) is 4.82. The van der Waals surface area contributed by atoms with Gasteiger partial charge in [-0.2, -0.15) is 0 Å². The predicted octanol–water partition coefficient (Wildman–Crippen LogP) is 6.14. The first-order valence-electron chi connectivity index (χ1n) is 8.97. The zero-order valence-corrected chi connectivity index (χ0v) is 15.2. The van der Waals surface area contributed by atoms with Gasteiger partial charge in [-0.15, -0.1) is 0 Å². The molecule has 3 nitrogen and oxygen atoms in total. The minimum absolute atomic E-state index is 0.222. The average Bonchev–Trinajstić information content (AvgIpc) is 2.60. The Balaban J connectivity index is 1.80. The summed E-state index contributed by atoms with van der Waals surface area (Å²) in [4.78, 5) is 9.15. The summed E-state index contributed by atoms with van der Waals surface area (Å²) in [5.41, 5.74) is 4.48. The number of nitrogens with zero attached hydrogens (tertiary/aromatic N) is 2. The van der Waals surface area contributed by atoms with E-state index in [0.717, 1.165) is 45.5 Å². The Labute approximate surface area is 152 Å². The molecule has 0 saturated heterocycles. The largest absolute Gasteiger partial charge is 0.455 e. The number of hydrogen-bond acceptors (Lipinski definition) is 3. The van der Waals surface area contributed by atoms with Crippen LogP contribution in [0.15, 0.2) is 54.9 Å². The lowest BCUT2D eigenvalue weighted by atomic mass is 9.86. The van der Waals surface area contributed by atoms with Gasteiger partial charge in [-0.25, -0.2) is 0 Å². The Morgan fingerprint density at radius 2 is 1.85 bits per heavy atom. The van der Waals surface area contributed by atoms with Gasteiger partial charge in [-0.05, 0) is 59.2 Å². The van der Waals surface area contributed by atoms with Crippen LogP contribution < -0.4 is 4.74 Å². The molecular formula is C23H20N2O. The summed E-state index contributed by atoms with van der Waals surface area (Å²) < 4.78 is 6.44. The van der Waals surface area contributed by atoms with E-state index in [-0.39, 0.29) is 5.41 Å². The lowest BCUT2D eigenvalue weighted by molar-refractivity contribution is 0.410. The average molecular weight is 340 g/mol. The number of rotatable bonds is 1. The van der Waals surface area contributed by atoms with Gasteiger partial charge in [0, 0.05) is 23.3 Å². The summed E-state index contributed by atoms with van der Waals surface area (Å²) in [7, 11) is 0. The second-order valence-electron chi connectivity index (χ2n) is 8.20. The van der Waals surface area contributed by atoms with E-state index in [0.29, 0.717) is 0 Å². The molecule has 0 N–H and O–H groups in total. The second-order valence-corrected chi connectivity index (χ2v) is 8.20. The number of aromatic nitrogens is 2. The molecule has 26 heavy (non-hydrogen) atoms. The molecule has 0 fully saturated rings. The Kier molecular flexibility index (Phi) is 3.11. The van der Waals surface area contributed by atoms with Crippen molar-refractivity contribution in [3.8, 4) is 22.8 Å². The van der Waals surface area contributed by atoms with Crippen LogP contribution in [-0.4, -0.2) is 9.97 Å². The number of pyridine rings is 2. The van der Waals surface area contributed by atoms with Crippen molar-refractivity contribution in [2.75, 3.05) is 0 Å². The Morgan fingerprint density at radius 3 is 2.69 bits per heavy atom. The molecule has 2 aromatic carbocycles. The Hall–Kier alpha value is -2.94. The monoisotopic (exact) mass is 340 g/mol. The molecule has 0 amide bonds. The maximum Gasteiger partial charge on any atom is 0.146 e. The summed E-state index contributed by atoms with van der Waals surface area (Å²) >= 11 is 0. The van der Waals surface area contributed by atoms with Gasteiger partial charge < -0.3 is 4.74 Å². The van der Waals surface area contributed by atoms with Crippen LogP contribution in [0.5, 0.6) is 11.5 Å². The van der Waals surface area contributed by atoms with E-state index in [1.165, 1.54) is 10.9 Å². The topological polar surface area (TPSA) is 35.0 Å². The number of ether oxygens (including phenoxy) is 1. The predicted molar refractivity (Wildman–Crippen MR) is 106 cm³/mol. The molecular weight excluding hydrogens is 320 g/mol. The van der Waals surface area contributed by atoms with Crippen molar-refractivity contribution in [2.45, 2.75) is 27.2 Å². The van der Waals surface area contributed by atoms with Crippen molar-refractivity contribution in [3.05, 3.63) is 60.4 Å². The highest BCUT2D eigenvalue weighted by Crippen LogP contribution is 2.48. The number of fused-ring (bicyclic) bond motifs is 4. The molecule has 0 unspecified atom stereocenters. The van der Waals surface area contributed by atoms with Gasteiger partial charge >= 0.3 is 0 Å². The van der Waals surface area contributed by atoms with Crippen LogP contribution in [0.2, 0.25) is 0 Å². The molecule has 1 aliphatic heterocycles. The van der Waals surface area contributed by atoms with Crippen LogP contribution in [0.25, 0.3) is 32.9 Å². The van der Waals surface area contributed by atoms with Crippen molar-refractivity contribution in [3.63, 3.8) is 0 Å². The highest BCUT2D eigenvalue weighted by atomic mass is 16.5. The fraction of sp³-hybridized carbons (Fsp3) is 0.217. The van der Waals surface area contributed by atoms with Crippen LogP contribution in [0.4, 0.5) is 0 Å². The molecule has 3 heterocycles. The molecule has 0 radical (unpaired) electrons. The SMILES string of the molecule is CC(C)(C)Cc1cc2c3c(nccc3c1)-c1ccc3ncccc3c1O2. The first-order valence-corrected chi connectivity index (χ1v) is 8.97. The van der Waals surface area contributed by atoms with Crippen molar-refractivity contribution >= 4 is 21.7 Å². The smallest absolute Gasteiger partial charge is 0.146 e. The van der Waals surface area contributed by atoms with Gasteiger partial charge in [0.05, 0.1) is 16.6 Å². The molecule has 3 heteroatoms. The van der Waals surface area contributed by atoms with Crippen LogP contribution in [-0.2, 0) is 6.42 Å². The molecule has 0 saturated carbocycles. The normalized spacial score (nSPS) is 12.9. The maximum absolute atomic E-state index is 6.44. The quantitative estimate of drug-likeness (QED) is 0.367. The highest BCUT2D eigenvalue weighted by molar-refractivity contribution is 6.06. The molecule has 0 atom stereocenters. The maximum atomic E-state index is 6.44. The van der Waals surface area contributed by atoms with Gasteiger partial charge in [-0.1, -0.05) is 26.8 Å². The minimum atomic E-state index is 0.222. The summed E-state index contributed by atoms with van der Waals surface area (Å²) in [5.74, 6) is 1.75.